The van der Waals surface area contributed by atoms with Gasteiger partial charge in [-0.15, -0.1) is 0 Å². The van der Waals surface area contributed by atoms with Crippen LogP contribution in [-0.4, -0.2) is 39.0 Å². The summed E-state index contributed by atoms with van der Waals surface area (Å²) in [6, 6.07) is 11.3. The molecule has 0 amide bonds. The first-order valence-electron chi connectivity index (χ1n) is 15.8. The van der Waals surface area contributed by atoms with Crippen LogP contribution in [0.4, 0.5) is 24.5 Å². The Bertz CT molecular complexity index is 983. The van der Waals surface area contributed by atoms with E-state index >= 15 is 0 Å². The second-order valence-electron chi connectivity index (χ2n) is 10.7. The Kier molecular flexibility index (Phi) is 18.7. The molecule has 0 bridgehead atoms. The highest BCUT2D eigenvalue weighted by Crippen LogP contribution is 2.32. The number of hydrogen-bond acceptors (Lipinski definition) is 5. The third kappa shape index (κ3) is 16.2. The molecule has 0 heterocycles. The predicted molar refractivity (Wildman–Crippen MR) is 163 cm³/mol. The van der Waals surface area contributed by atoms with E-state index in [1.807, 2.05) is 0 Å². The van der Waals surface area contributed by atoms with Crippen molar-refractivity contribution in [3.63, 3.8) is 0 Å². The summed E-state index contributed by atoms with van der Waals surface area (Å²) in [4.78, 5) is 12.6. The van der Waals surface area contributed by atoms with E-state index in [0.29, 0.717) is 18.9 Å². The quantitative estimate of drug-likeness (QED) is 0.0969. The summed E-state index contributed by atoms with van der Waals surface area (Å²) in [5.41, 5.74) is 0.0433. The molecular formula is C34H50F3NO4. The number of anilines is 2. The third-order valence-electron chi connectivity index (χ3n) is 7.09. The van der Waals surface area contributed by atoms with Gasteiger partial charge in [0.25, 0.3) is 0 Å². The molecule has 0 atom stereocenters. The second kappa shape index (κ2) is 22.0. The number of rotatable bonds is 24. The number of hydrogen-bond donors (Lipinski definition) is 1. The van der Waals surface area contributed by atoms with Gasteiger partial charge in [-0.05, 0) is 36.8 Å². The maximum absolute atomic E-state index is 13.0. The number of alkyl halides is 3. The smallest absolute Gasteiger partial charge is 0.416 e. The van der Waals surface area contributed by atoms with Crippen LogP contribution in [0.15, 0.2) is 48.5 Å². The van der Waals surface area contributed by atoms with Crippen molar-refractivity contribution >= 4 is 17.3 Å². The monoisotopic (exact) mass is 593 g/mol. The molecule has 0 aliphatic carbocycles. The van der Waals surface area contributed by atoms with Gasteiger partial charge in [-0.2, -0.15) is 13.2 Å². The van der Waals surface area contributed by atoms with Crippen LogP contribution in [0.1, 0.15) is 113 Å². The second-order valence-corrected chi connectivity index (χ2v) is 10.7. The summed E-state index contributed by atoms with van der Waals surface area (Å²) >= 11 is 0. The van der Waals surface area contributed by atoms with E-state index in [0.717, 1.165) is 25.2 Å². The number of halogens is 3. The highest BCUT2D eigenvalue weighted by Gasteiger charge is 2.30. The Balaban J connectivity index is 1.45. The fourth-order valence-electron chi connectivity index (χ4n) is 4.69. The van der Waals surface area contributed by atoms with Crippen LogP contribution in [0.2, 0.25) is 0 Å². The van der Waals surface area contributed by atoms with Crippen molar-refractivity contribution in [1.82, 2.24) is 0 Å². The van der Waals surface area contributed by atoms with E-state index in [1.165, 1.54) is 95.6 Å². The summed E-state index contributed by atoms with van der Waals surface area (Å²) in [7, 11) is 0. The zero-order valence-corrected chi connectivity index (χ0v) is 25.3. The number of carbonyl (C=O) groups is 1. The van der Waals surface area contributed by atoms with Crippen LogP contribution in [-0.2, 0) is 20.4 Å². The first kappa shape index (κ1) is 35.6. The third-order valence-corrected chi connectivity index (χ3v) is 7.09. The lowest BCUT2D eigenvalue weighted by Crippen LogP contribution is -2.14. The number of ether oxygens (including phenoxy) is 3. The molecule has 2 aromatic rings. The molecule has 42 heavy (non-hydrogen) atoms. The van der Waals surface area contributed by atoms with Gasteiger partial charge in [0, 0.05) is 12.3 Å². The number of nitrogens with one attached hydrogen (secondary N) is 1. The Morgan fingerprint density at radius 1 is 0.667 bits per heavy atom. The molecular weight excluding hydrogens is 543 g/mol. The standard InChI is InChI=1S/C34H50F3NO4/c1-2-3-4-5-6-7-8-9-10-11-12-13-14-17-23-40-24-25-41-26-27-42-33(39)31-21-15-16-22-32(31)38-30-20-18-19-29(28-30)34(35,36)37/h15-16,18-22,28,38H,2-14,17,23-27H2,1H3. The number of esters is 1. The largest absolute Gasteiger partial charge is 0.460 e. The van der Waals surface area contributed by atoms with Gasteiger partial charge in [0.05, 0.1) is 36.6 Å². The van der Waals surface area contributed by atoms with Crippen molar-refractivity contribution in [2.24, 2.45) is 0 Å². The highest BCUT2D eigenvalue weighted by molar-refractivity contribution is 5.96. The van der Waals surface area contributed by atoms with E-state index in [9.17, 15) is 18.0 Å². The molecule has 0 aliphatic heterocycles. The van der Waals surface area contributed by atoms with Crippen molar-refractivity contribution in [2.75, 3.05) is 38.4 Å². The van der Waals surface area contributed by atoms with Crippen molar-refractivity contribution in [3.8, 4) is 0 Å². The van der Waals surface area contributed by atoms with Gasteiger partial charge >= 0.3 is 12.1 Å². The molecule has 0 saturated heterocycles. The van der Waals surface area contributed by atoms with Crippen LogP contribution in [0.3, 0.4) is 0 Å². The summed E-state index contributed by atoms with van der Waals surface area (Å²) < 4.78 is 55.5. The van der Waals surface area contributed by atoms with E-state index in [-0.39, 0.29) is 24.5 Å². The molecule has 8 heteroatoms. The first-order valence-corrected chi connectivity index (χ1v) is 15.8. The van der Waals surface area contributed by atoms with E-state index in [1.54, 1.807) is 24.3 Å². The fraction of sp³-hybridized carbons (Fsp3) is 0.618. The van der Waals surface area contributed by atoms with E-state index in [4.69, 9.17) is 14.2 Å². The molecule has 1 N–H and O–H groups in total. The zero-order chi connectivity index (χ0) is 30.3. The van der Waals surface area contributed by atoms with Gasteiger partial charge in [-0.1, -0.05) is 109 Å². The van der Waals surface area contributed by atoms with Crippen LogP contribution in [0, 0.1) is 0 Å². The lowest BCUT2D eigenvalue weighted by Gasteiger charge is -2.13. The first-order chi connectivity index (χ1) is 20.4. The minimum Gasteiger partial charge on any atom is -0.460 e. The summed E-state index contributed by atoms with van der Waals surface area (Å²) in [6.45, 7) is 4.21. The molecule has 2 rings (SSSR count). The molecule has 0 aromatic heterocycles. The summed E-state index contributed by atoms with van der Waals surface area (Å²) in [5.74, 6) is -0.581. The Morgan fingerprint density at radius 3 is 1.83 bits per heavy atom. The molecule has 236 valence electrons. The molecule has 0 radical (unpaired) electrons. The van der Waals surface area contributed by atoms with Gasteiger partial charge in [0.1, 0.15) is 6.61 Å². The highest BCUT2D eigenvalue weighted by atomic mass is 19.4. The molecule has 0 fully saturated rings. The molecule has 0 unspecified atom stereocenters. The van der Waals surface area contributed by atoms with Gasteiger partial charge in [0.15, 0.2) is 0 Å². The number of unbranched alkanes of at least 4 members (excludes halogenated alkanes) is 13. The minimum absolute atomic E-state index is 0.0652. The zero-order valence-electron chi connectivity index (χ0n) is 25.3. The minimum atomic E-state index is -4.45. The van der Waals surface area contributed by atoms with E-state index in [2.05, 4.69) is 12.2 Å². The lowest BCUT2D eigenvalue weighted by molar-refractivity contribution is -0.137. The van der Waals surface area contributed by atoms with Crippen LogP contribution in [0.5, 0.6) is 0 Å². The van der Waals surface area contributed by atoms with Gasteiger partial charge in [-0.25, -0.2) is 4.79 Å². The van der Waals surface area contributed by atoms with Crippen molar-refractivity contribution in [1.29, 1.82) is 0 Å². The van der Waals surface area contributed by atoms with Crippen molar-refractivity contribution in [2.45, 2.75) is 103 Å². The molecule has 0 aliphatic rings. The topological polar surface area (TPSA) is 56.8 Å². The van der Waals surface area contributed by atoms with Crippen LogP contribution < -0.4 is 5.32 Å². The van der Waals surface area contributed by atoms with Gasteiger partial charge < -0.3 is 19.5 Å². The fourth-order valence-corrected chi connectivity index (χ4v) is 4.69. The molecule has 2 aromatic carbocycles. The normalized spacial score (nSPS) is 11.5. The SMILES string of the molecule is CCCCCCCCCCCCCCCCOCCOCCOC(=O)c1ccccc1Nc1cccc(C(F)(F)F)c1. The molecule has 0 saturated carbocycles. The number of carbonyl (C=O) groups excluding carboxylic acids is 1. The Hall–Kier alpha value is -2.58. The van der Waals surface area contributed by atoms with Crippen molar-refractivity contribution in [3.05, 3.63) is 59.7 Å². The van der Waals surface area contributed by atoms with E-state index < -0.39 is 17.7 Å². The van der Waals surface area contributed by atoms with Crippen LogP contribution in [0.25, 0.3) is 0 Å². The maximum atomic E-state index is 13.0. The Morgan fingerprint density at radius 2 is 1.21 bits per heavy atom. The van der Waals surface area contributed by atoms with Gasteiger partial charge in [-0.3, -0.25) is 0 Å². The maximum Gasteiger partial charge on any atom is 0.416 e. The molecule has 0 spiro atoms. The summed E-state index contributed by atoms with van der Waals surface area (Å²) in [6.07, 6.45) is 14.2. The number of benzene rings is 2. The van der Waals surface area contributed by atoms with Gasteiger partial charge in [0.2, 0.25) is 0 Å². The summed E-state index contributed by atoms with van der Waals surface area (Å²) in [5, 5.41) is 2.88. The average molecular weight is 594 g/mol. The number of para-hydroxylation sites is 1. The average Bonchev–Trinajstić information content (AvgIpc) is 2.98. The lowest BCUT2D eigenvalue weighted by atomic mass is 10.0. The van der Waals surface area contributed by atoms with Crippen LogP contribution >= 0.6 is 0 Å². The Labute approximate surface area is 250 Å². The molecule has 5 nitrogen and oxygen atoms in total. The predicted octanol–water partition coefficient (Wildman–Crippen LogP) is 10.1. The van der Waals surface area contributed by atoms with Crippen molar-refractivity contribution < 1.29 is 32.2 Å².